The molecule has 21 heavy (non-hydrogen) atoms. The molecule has 0 aromatic rings. The van der Waals surface area contributed by atoms with Crippen molar-refractivity contribution in [1.29, 1.82) is 0 Å². The van der Waals surface area contributed by atoms with Gasteiger partial charge in [0.1, 0.15) is 5.78 Å². The minimum absolute atomic E-state index is 0.0449. The highest BCUT2D eigenvalue weighted by Gasteiger charge is 2.21. The fraction of sp³-hybridized carbons (Fsp3) is 0.882. The highest BCUT2D eigenvalue weighted by Crippen LogP contribution is 2.17. The van der Waals surface area contributed by atoms with Crippen molar-refractivity contribution < 1.29 is 9.59 Å². The summed E-state index contributed by atoms with van der Waals surface area (Å²) in [5.74, 6) is 0.494. The molecule has 0 rings (SSSR count). The SMILES string of the molecule is CC(=O)CC[C@H](C(=O)NCCCCCNC(C)C)C(C)C. The molecule has 0 aromatic carbocycles. The van der Waals surface area contributed by atoms with Crippen LogP contribution in [-0.4, -0.2) is 30.8 Å². The Hall–Kier alpha value is -0.900. The maximum atomic E-state index is 12.1. The first kappa shape index (κ1) is 20.1. The summed E-state index contributed by atoms with van der Waals surface area (Å²) in [5, 5.41) is 6.40. The van der Waals surface area contributed by atoms with E-state index in [9.17, 15) is 9.59 Å². The van der Waals surface area contributed by atoms with Gasteiger partial charge in [0.25, 0.3) is 0 Å². The van der Waals surface area contributed by atoms with Crippen molar-refractivity contribution in [3.63, 3.8) is 0 Å². The number of amides is 1. The zero-order valence-electron chi connectivity index (χ0n) is 14.5. The van der Waals surface area contributed by atoms with E-state index in [1.54, 1.807) is 6.92 Å². The van der Waals surface area contributed by atoms with Crippen LogP contribution in [0.3, 0.4) is 0 Å². The Morgan fingerprint density at radius 1 is 0.952 bits per heavy atom. The van der Waals surface area contributed by atoms with Crippen molar-refractivity contribution in [3.8, 4) is 0 Å². The molecule has 0 fully saturated rings. The van der Waals surface area contributed by atoms with Crippen molar-refractivity contribution in [2.24, 2.45) is 11.8 Å². The van der Waals surface area contributed by atoms with E-state index in [0.29, 0.717) is 18.9 Å². The van der Waals surface area contributed by atoms with Crippen molar-refractivity contribution >= 4 is 11.7 Å². The fourth-order valence-corrected chi connectivity index (χ4v) is 2.29. The molecule has 0 aliphatic heterocycles. The molecular formula is C17H34N2O2. The monoisotopic (exact) mass is 298 g/mol. The number of carbonyl (C=O) groups excluding carboxylic acids is 2. The lowest BCUT2D eigenvalue weighted by Crippen LogP contribution is -2.34. The van der Waals surface area contributed by atoms with Gasteiger partial charge in [-0.2, -0.15) is 0 Å². The average molecular weight is 298 g/mol. The molecular weight excluding hydrogens is 264 g/mol. The first-order chi connectivity index (χ1) is 9.84. The summed E-state index contributed by atoms with van der Waals surface area (Å²) in [6.07, 6.45) is 4.45. The molecule has 0 radical (unpaired) electrons. The van der Waals surface area contributed by atoms with E-state index >= 15 is 0 Å². The van der Waals surface area contributed by atoms with E-state index in [1.807, 2.05) is 13.8 Å². The Morgan fingerprint density at radius 3 is 2.10 bits per heavy atom. The number of hydrogen-bond acceptors (Lipinski definition) is 3. The quantitative estimate of drug-likeness (QED) is 0.545. The molecule has 4 nitrogen and oxygen atoms in total. The molecule has 2 N–H and O–H groups in total. The summed E-state index contributed by atoms with van der Waals surface area (Å²) in [7, 11) is 0. The number of rotatable bonds is 12. The molecule has 4 heteroatoms. The van der Waals surface area contributed by atoms with E-state index in [1.165, 1.54) is 0 Å². The van der Waals surface area contributed by atoms with Gasteiger partial charge in [0, 0.05) is 24.9 Å². The van der Waals surface area contributed by atoms with Gasteiger partial charge in [0.15, 0.2) is 0 Å². The number of carbonyl (C=O) groups is 2. The number of nitrogens with one attached hydrogen (secondary N) is 2. The maximum Gasteiger partial charge on any atom is 0.223 e. The van der Waals surface area contributed by atoms with E-state index in [4.69, 9.17) is 0 Å². The van der Waals surface area contributed by atoms with E-state index in [-0.39, 0.29) is 23.5 Å². The zero-order valence-corrected chi connectivity index (χ0v) is 14.5. The molecule has 0 bridgehead atoms. The molecule has 124 valence electrons. The summed E-state index contributed by atoms with van der Waals surface area (Å²) in [6, 6.07) is 0.540. The minimum Gasteiger partial charge on any atom is -0.356 e. The predicted molar refractivity (Wildman–Crippen MR) is 88.2 cm³/mol. The van der Waals surface area contributed by atoms with Gasteiger partial charge in [-0.1, -0.05) is 34.1 Å². The number of ketones is 1. The lowest BCUT2D eigenvalue weighted by Gasteiger charge is -2.19. The molecule has 0 saturated carbocycles. The first-order valence-electron chi connectivity index (χ1n) is 8.35. The Labute approximate surface area is 130 Å². The molecule has 0 aliphatic carbocycles. The van der Waals surface area contributed by atoms with E-state index < -0.39 is 0 Å². The smallest absolute Gasteiger partial charge is 0.223 e. The third-order valence-electron chi connectivity index (χ3n) is 3.65. The summed E-state index contributed by atoms with van der Waals surface area (Å²) in [6.45, 7) is 11.7. The van der Waals surface area contributed by atoms with Crippen LogP contribution in [0.4, 0.5) is 0 Å². The molecule has 0 saturated heterocycles. The fourth-order valence-electron chi connectivity index (χ4n) is 2.29. The highest BCUT2D eigenvalue weighted by molar-refractivity contribution is 5.80. The van der Waals surface area contributed by atoms with Crippen molar-refractivity contribution in [3.05, 3.63) is 0 Å². The second kappa shape index (κ2) is 11.7. The van der Waals surface area contributed by atoms with E-state index in [2.05, 4.69) is 24.5 Å². The number of hydrogen-bond donors (Lipinski definition) is 2. The Morgan fingerprint density at radius 2 is 1.57 bits per heavy atom. The Bertz CT molecular complexity index is 301. The number of Topliss-reactive ketones (excluding diaryl/α,β-unsaturated/α-hetero) is 1. The standard InChI is InChI=1S/C17H34N2O2/c1-13(2)16(10-9-15(5)20)17(21)19-12-8-6-7-11-18-14(3)4/h13-14,16,18H,6-12H2,1-5H3,(H,19,21)/t16-/m0/s1. The van der Waals surface area contributed by atoms with E-state index in [0.717, 1.165) is 32.4 Å². The second-order valence-electron chi connectivity index (χ2n) is 6.55. The maximum absolute atomic E-state index is 12.1. The van der Waals surface area contributed by atoms with Gasteiger partial charge in [-0.15, -0.1) is 0 Å². The molecule has 0 spiro atoms. The summed E-state index contributed by atoms with van der Waals surface area (Å²) >= 11 is 0. The lowest BCUT2D eigenvalue weighted by molar-refractivity contribution is -0.126. The van der Waals surface area contributed by atoms with Crippen molar-refractivity contribution in [1.82, 2.24) is 10.6 Å². The van der Waals surface area contributed by atoms with Crippen LogP contribution in [0.1, 0.15) is 66.7 Å². The molecule has 0 unspecified atom stereocenters. The van der Waals surface area contributed by atoms with Gasteiger partial charge in [-0.05, 0) is 38.6 Å². The van der Waals surface area contributed by atoms with Gasteiger partial charge >= 0.3 is 0 Å². The largest absolute Gasteiger partial charge is 0.356 e. The molecule has 1 amide bonds. The van der Waals surface area contributed by atoms with Crippen LogP contribution in [0.5, 0.6) is 0 Å². The van der Waals surface area contributed by atoms with Gasteiger partial charge < -0.3 is 15.4 Å². The number of unbranched alkanes of at least 4 members (excludes halogenated alkanes) is 2. The van der Waals surface area contributed by atoms with Crippen LogP contribution in [0.2, 0.25) is 0 Å². The molecule has 0 aromatic heterocycles. The predicted octanol–water partition coefficient (Wildman–Crippen LogP) is 2.91. The first-order valence-corrected chi connectivity index (χ1v) is 8.35. The molecule has 1 atom stereocenters. The zero-order chi connectivity index (χ0) is 16.3. The molecule has 0 aliphatic rings. The van der Waals surface area contributed by atoms with Crippen LogP contribution in [0.15, 0.2) is 0 Å². The van der Waals surface area contributed by atoms with Crippen LogP contribution in [0, 0.1) is 11.8 Å². The van der Waals surface area contributed by atoms with Crippen molar-refractivity contribution in [2.75, 3.05) is 13.1 Å². The van der Waals surface area contributed by atoms with Gasteiger partial charge in [-0.3, -0.25) is 4.79 Å². The highest BCUT2D eigenvalue weighted by atomic mass is 16.2. The van der Waals surface area contributed by atoms with Crippen molar-refractivity contribution in [2.45, 2.75) is 72.8 Å². The third-order valence-corrected chi connectivity index (χ3v) is 3.65. The summed E-state index contributed by atoms with van der Waals surface area (Å²) in [5.41, 5.74) is 0. The lowest BCUT2D eigenvalue weighted by atomic mass is 9.89. The van der Waals surface area contributed by atoms with Crippen LogP contribution in [-0.2, 0) is 9.59 Å². The molecule has 0 heterocycles. The summed E-state index contributed by atoms with van der Waals surface area (Å²) < 4.78 is 0. The Balaban J connectivity index is 3.80. The minimum atomic E-state index is -0.0449. The van der Waals surface area contributed by atoms with Gasteiger partial charge in [0.05, 0.1) is 0 Å². The van der Waals surface area contributed by atoms with Gasteiger partial charge in [0.2, 0.25) is 5.91 Å². The average Bonchev–Trinajstić information content (AvgIpc) is 2.36. The van der Waals surface area contributed by atoms with Crippen LogP contribution >= 0.6 is 0 Å². The topological polar surface area (TPSA) is 58.2 Å². The second-order valence-corrected chi connectivity index (χ2v) is 6.55. The van der Waals surface area contributed by atoms with Gasteiger partial charge in [-0.25, -0.2) is 0 Å². The summed E-state index contributed by atoms with van der Waals surface area (Å²) in [4.78, 5) is 23.2. The van der Waals surface area contributed by atoms with Crippen LogP contribution < -0.4 is 10.6 Å². The third kappa shape index (κ3) is 11.4. The van der Waals surface area contributed by atoms with Crippen LogP contribution in [0.25, 0.3) is 0 Å². The normalized spacial score (nSPS) is 12.7. The Kier molecular flexibility index (Phi) is 11.2.